The number of carbonyl (C=O) groups excluding carboxylic acids is 1. The monoisotopic (exact) mass is 368 g/mol. The van der Waals surface area contributed by atoms with Crippen LogP contribution in [0, 0.1) is 5.92 Å². The Hall–Kier alpha value is -1.07. The van der Waals surface area contributed by atoms with Gasteiger partial charge < -0.3 is 10.6 Å². The molecule has 5 heteroatoms. The predicted molar refractivity (Wildman–Crippen MR) is 94.9 cm³/mol. The first-order valence-corrected chi connectivity index (χ1v) is 8.71. The quantitative estimate of drug-likeness (QED) is 0.845. The maximum atomic E-state index is 12.9. The Bertz CT molecular complexity index is 664. The fraction of sp³-hybridized carbons (Fsp3) is 0.438. The van der Waals surface area contributed by atoms with Crippen molar-refractivity contribution in [1.82, 2.24) is 4.90 Å². The average molecular weight is 369 g/mol. The van der Waals surface area contributed by atoms with E-state index in [1.54, 1.807) is 0 Å². The molecule has 0 aliphatic rings. The van der Waals surface area contributed by atoms with Crippen molar-refractivity contribution in [3.63, 3.8) is 0 Å². The lowest BCUT2D eigenvalue weighted by Crippen LogP contribution is -2.39. The molecule has 1 aromatic carbocycles. The zero-order valence-corrected chi connectivity index (χ0v) is 15.2. The zero-order chi connectivity index (χ0) is 15.7. The van der Waals surface area contributed by atoms with Crippen molar-refractivity contribution in [2.45, 2.75) is 33.7 Å². The first kappa shape index (κ1) is 16.3. The molecule has 0 unspecified atom stereocenters. The number of amides is 1. The van der Waals surface area contributed by atoms with Gasteiger partial charge in [0.15, 0.2) is 0 Å². The van der Waals surface area contributed by atoms with Crippen LogP contribution in [0.3, 0.4) is 0 Å². The van der Waals surface area contributed by atoms with Gasteiger partial charge in [-0.2, -0.15) is 0 Å². The maximum absolute atomic E-state index is 12.9. The Morgan fingerprint density at radius 1 is 1.33 bits per heavy atom. The van der Waals surface area contributed by atoms with Crippen molar-refractivity contribution >= 4 is 48.9 Å². The number of fused-ring (bicyclic) bond motifs is 1. The summed E-state index contributed by atoms with van der Waals surface area (Å²) in [5, 5.41) is 0.944. The topological polar surface area (TPSA) is 46.3 Å². The van der Waals surface area contributed by atoms with Crippen molar-refractivity contribution < 1.29 is 4.79 Å². The molecule has 2 N–H and O–H groups in total. The summed E-state index contributed by atoms with van der Waals surface area (Å²) in [4.78, 5) is 15.4. The first-order valence-electron chi connectivity index (χ1n) is 7.10. The molecular weight excluding hydrogens is 348 g/mol. The summed E-state index contributed by atoms with van der Waals surface area (Å²) in [5.74, 6) is 0.461. The summed E-state index contributed by atoms with van der Waals surface area (Å²) in [6.45, 7) is 9.06. The lowest BCUT2D eigenvalue weighted by atomic mass is 10.1. The van der Waals surface area contributed by atoms with Gasteiger partial charge in [0.25, 0.3) is 5.91 Å². The number of thiophene rings is 1. The van der Waals surface area contributed by atoms with Crippen LogP contribution in [-0.2, 0) is 0 Å². The van der Waals surface area contributed by atoms with Crippen molar-refractivity contribution in [2.24, 2.45) is 5.92 Å². The number of rotatable bonds is 4. The van der Waals surface area contributed by atoms with Crippen molar-refractivity contribution in [2.75, 3.05) is 12.3 Å². The summed E-state index contributed by atoms with van der Waals surface area (Å²) in [6, 6.07) is 6.08. The third kappa shape index (κ3) is 3.24. The third-order valence-corrected chi connectivity index (χ3v) is 5.16. The highest BCUT2D eigenvalue weighted by atomic mass is 79.9. The summed E-state index contributed by atoms with van der Waals surface area (Å²) in [5.41, 5.74) is 6.83. The number of carbonyl (C=O) groups is 1. The van der Waals surface area contributed by atoms with E-state index in [-0.39, 0.29) is 11.9 Å². The molecule has 1 amide bonds. The van der Waals surface area contributed by atoms with Crippen molar-refractivity contribution in [3.8, 4) is 0 Å². The largest absolute Gasteiger partial charge is 0.397 e. The summed E-state index contributed by atoms with van der Waals surface area (Å²) >= 11 is 4.99. The Labute approximate surface area is 138 Å². The van der Waals surface area contributed by atoms with Crippen LogP contribution in [-0.4, -0.2) is 23.4 Å². The number of nitrogens with zero attached hydrogens (tertiary/aromatic N) is 1. The van der Waals surface area contributed by atoms with E-state index in [0.29, 0.717) is 16.5 Å². The second-order valence-electron chi connectivity index (χ2n) is 5.90. The van der Waals surface area contributed by atoms with E-state index in [1.807, 2.05) is 36.9 Å². The second-order valence-corrected chi connectivity index (χ2v) is 7.81. The number of halogens is 1. The molecule has 0 radical (unpaired) electrons. The molecule has 1 heterocycles. The molecule has 0 aliphatic carbocycles. The van der Waals surface area contributed by atoms with Crippen LogP contribution in [0.15, 0.2) is 22.7 Å². The number of hydrogen-bond acceptors (Lipinski definition) is 3. The van der Waals surface area contributed by atoms with Crippen LogP contribution in [0.5, 0.6) is 0 Å². The minimum absolute atomic E-state index is 0.0318. The zero-order valence-electron chi connectivity index (χ0n) is 12.8. The molecule has 1 aromatic heterocycles. The number of benzene rings is 1. The predicted octanol–water partition coefficient (Wildman–Crippen LogP) is 4.75. The van der Waals surface area contributed by atoms with E-state index in [0.717, 1.165) is 21.1 Å². The van der Waals surface area contributed by atoms with E-state index >= 15 is 0 Å². The standard InChI is InChI=1S/C16H21BrN2OS/c1-9(2)8-19(10(3)4)16(20)15-14(18)13-11(17)6-5-7-12(13)21-15/h5-7,9-10H,8,18H2,1-4H3. The molecule has 2 rings (SSSR count). The number of nitrogens with two attached hydrogens (primary N) is 1. The van der Waals surface area contributed by atoms with Gasteiger partial charge in [-0.3, -0.25) is 4.79 Å². The molecule has 0 saturated heterocycles. The fourth-order valence-corrected chi connectivity index (χ4v) is 4.16. The van der Waals surface area contributed by atoms with Gasteiger partial charge in [0.05, 0.1) is 5.69 Å². The van der Waals surface area contributed by atoms with Gasteiger partial charge in [0.1, 0.15) is 4.88 Å². The van der Waals surface area contributed by atoms with Crippen LogP contribution in [0.4, 0.5) is 5.69 Å². The van der Waals surface area contributed by atoms with Gasteiger partial charge in [-0.1, -0.05) is 35.8 Å². The van der Waals surface area contributed by atoms with Crippen molar-refractivity contribution in [1.29, 1.82) is 0 Å². The molecule has 0 aliphatic heterocycles. The molecular formula is C16H21BrN2OS. The highest BCUT2D eigenvalue weighted by molar-refractivity contribution is 9.10. The number of anilines is 1. The smallest absolute Gasteiger partial charge is 0.266 e. The summed E-state index contributed by atoms with van der Waals surface area (Å²) in [7, 11) is 0. The van der Waals surface area contributed by atoms with Crippen molar-refractivity contribution in [3.05, 3.63) is 27.5 Å². The van der Waals surface area contributed by atoms with E-state index in [4.69, 9.17) is 5.73 Å². The molecule has 3 nitrogen and oxygen atoms in total. The van der Waals surface area contributed by atoms with Gasteiger partial charge in [-0.05, 0) is 31.9 Å². The maximum Gasteiger partial charge on any atom is 0.266 e. The number of hydrogen-bond donors (Lipinski definition) is 1. The molecule has 0 atom stereocenters. The minimum Gasteiger partial charge on any atom is -0.397 e. The highest BCUT2D eigenvalue weighted by Crippen LogP contribution is 2.38. The third-order valence-electron chi connectivity index (χ3n) is 3.34. The molecule has 114 valence electrons. The molecule has 0 bridgehead atoms. The minimum atomic E-state index is 0.0318. The Morgan fingerprint density at radius 3 is 2.52 bits per heavy atom. The van der Waals surface area contributed by atoms with Crippen LogP contribution in [0.1, 0.15) is 37.4 Å². The average Bonchev–Trinajstić information content (AvgIpc) is 2.73. The molecule has 0 fully saturated rings. The van der Waals surface area contributed by atoms with Gasteiger partial charge in [0.2, 0.25) is 0 Å². The molecule has 0 spiro atoms. The van der Waals surface area contributed by atoms with Gasteiger partial charge in [-0.25, -0.2) is 0 Å². The lowest BCUT2D eigenvalue weighted by Gasteiger charge is -2.28. The van der Waals surface area contributed by atoms with Crippen LogP contribution in [0.25, 0.3) is 10.1 Å². The fourth-order valence-electron chi connectivity index (χ4n) is 2.34. The van der Waals surface area contributed by atoms with E-state index in [9.17, 15) is 4.79 Å². The Morgan fingerprint density at radius 2 is 2.00 bits per heavy atom. The Balaban J connectivity index is 2.47. The molecule has 21 heavy (non-hydrogen) atoms. The highest BCUT2D eigenvalue weighted by Gasteiger charge is 2.25. The molecule has 2 aromatic rings. The lowest BCUT2D eigenvalue weighted by molar-refractivity contribution is 0.0688. The van der Waals surface area contributed by atoms with E-state index < -0.39 is 0 Å². The van der Waals surface area contributed by atoms with Gasteiger partial charge in [-0.15, -0.1) is 11.3 Å². The van der Waals surface area contributed by atoms with Gasteiger partial charge in [0, 0.05) is 27.1 Å². The second kappa shape index (κ2) is 6.36. The SMILES string of the molecule is CC(C)CN(C(=O)c1sc2cccc(Br)c2c1N)C(C)C. The molecule has 0 saturated carbocycles. The summed E-state index contributed by atoms with van der Waals surface area (Å²) in [6.07, 6.45) is 0. The van der Waals surface area contributed by atoms with E-state index in [1.165, 1.54) is 11.3 Å². The van der Waals surface area contributed by atoms with Crippen LogP contribution < -0.4 is 5.73 Å². The summed E-state index contributed by atoms with van der Waals surface area (Å²) < 4.78 is 1.98. The van der Waals surface area contributed by atoms with E-state index in [2.05, 4.69) is 29.8 Å². The van der Waals surface area contributed by atoms with Crippen LogP contribution in [0.2, 0.25) is 0 Å². The van der Waals surface area contributed by atoms with Gasteiger partial charge >= 0.3 is 0 Å². The Kier molecular flexibility index (Phi) is 4.94. The van der Waals surface area contributed by atoms with Crippen LogP contribution >= 0.6 is 27.3 Å². The normalized spacial score (nSPS) is 11.6. The number of nitrogen functional groups attached to an aromatic ring is 1. The first-order chi connectivity index (χ1) is 9.82.